The van der Waals surface area contributed by atoms with Crippen LogP contribution in [0.2, 0.25) is 0 Å². The summed E-state index contributed by atoms with van der Waals surface area (Å²) in [5.41, 5.74) is 2.08. The summed E-state index contributed by atoms with van der Waals surface area (Å²) < 4.78 is 15.9. The van der Waals surface area contributed by atoms with E-state index < -0.39 is 0 Å². The molecule has 0 unspecified atom stereocenters. The normalized spacial score (nSPS) is 13.0. The maximum atomic E-state index is 14.1. The lowest BCUT2D eigenvalue weighted by Crippen LogP contribution is -2.14. The van der Waals surface area contributed by atoms with Gasteiger partial charge in [0.25, 0.3) is 0 Å². The number of nitriles is 1. The first-order valence-corrected chi connectivity index (χ1v) is 11.6. The topological polar surface area (TPSA) is 83.6 Å². The third-order valence-electron chi connectivity index (χ3n) is 5.02. The van der Waals surface area contributed by atoms with Crippen LogP contribution in [0.5, 0.6) is 0 Å². The quantitative estimate of drug-likeness (QED) is 0.563. The van der Waals surface area contributed by atoms with Crippen molar-refractivity contribution >= 4 is 34.0 Å². The summed E-state index contributed by atoms with van der Waals surface area (Å²) in [5, 5.41) is 21.9. The predicted molar refractivity (Wildman–Crippen MR) is 116 cm³/mol. The number of carbonyl (C=O) groups excluding carboxylic acids is 1. The average molecular weight is 442 g/mol. The Balaban J connectivity index is 1.47. The Morgan fingerprint density at radius 2 is 2.13 bits per heavy atom. The highest BCUT2D eigenvalue weighted by atomic mass is 32.2. The maximum Gasteiger partial charge on any atom is 0.235 e. The SMILES string of the molecule is CCn1c(SCC(=O)Nc2sc3c(c2C#N)CCCC3)nnc1-c1ccccc1F. The van der Waals surface area contributed by atoms with E-state index in [9.17, 15) is 14.4 Å². The minimum Gasteiger partial charge on any atom is -0.316 e. The fourth-order valence-corrected chi connectivity index (χ4v) is 5.65. The second kappa shape index (κ2) is 8.98. The van der Waals surface area contributed by atoms with E-state index >= 15 is 0 Å². The van der Waals surface area contributed by atoms with Gasteiger partial charge in [-0.2, -0.15) is 5.26 Å². The molecule has 0 atom stereocenters. The van der Waals surface area contributed by atoms with E-state index in [1.165, 1.54) is 34.0 Å². The van der Waals surface area contributed by atoms with Crippen LogP contribution in [0.3, 0.4) is 0 Å². The zero-order chi connectivity index (χ0) is 21.1. The summed E-state index contributed by atoms with van der Waals surface area (Å²) in [4.78, 5) is 13.8. The second-order valence-electron chi connectivity index (χ2n) is 6.89. The highest BCUT2D eigenvalue weighted by molar-refractivity contribution is 7.99. The number of nitrogens with zero attached hydrogens (tertiary/aromatic N) is 4. The number of nitrogens with one attached hydrogen (secondary N) is 1. The van der Waals surface area contributed by atoms with Gasteiger partial charge in [-0.05, 0) is 50.3 Å². The fraction of sp³-hybridized carbons (Fsp3) is 0.333. The highest BCUT2D eigenvalue weighted by Crippen LogP contribution is 2.37. The third kappa shape index (κ3) is 3.98. The molecule has 0 aliphatic heterocycles. The molecular formula is C21H20FN5OS2. The van der Waals surface area contributed by atoms with Gasteiger partial charge in [-0.25, -0.2) is 4.39 Å². The summed E-state index contributed by atoms with van der Waals surface area (Å²) in [6.45, 7) is 2.48. The molecule has 1 aromatic carbocycles. The molecule has 6 nitrogen and oxygen atoms in total. The van der Waals surface area contributed by atoms with Gasteiger partial charge in [0.2, 0.25) is 5.91 Å². The number of thioether (sulfide) groups is 1. The van der Waals surface area contributed by atoms with Gasteiger partial charge < -0.3 is 9.88 Å². The zero-order valence-electron chi connectivity index (χ0n) is 16.4. The monoisotopic (exact) mass is 441 g/mol. The summed E-state index contributed by atoms with van der Waals surface area (Å²) in [6, 6.07) is 8.68. The van der Waals surface area contributed by atoms with Crippen LogP contribution in [-0.4, -0.2) is 26.4 Å². The number of rotatable bonds is 6. The minimum absolute atomic E-state index is 0.128. The van der Waals surface area contributed by atoms with E-state index in [1.54, 1.807) is 22.8 Å². The molecule has 30 heavy (non-hydrogen) atoms. The molecule has 0 saturated carbocycles. The first-order chi connectivity index (χ1) is 14.6. The Hall–Kier alpha value is -2.70. The summed E-state index contributed by atoms with van der Waals surface area (Å²) in [7, 11) is 0. The van der Waals surface area contributed by atoms with Crippen LogP contribution in [-0.2, 0) is 24.2 Å². The standard InChI is InChI=1S/C21H20FN5OS2/c1-2-27-19(14-8-3-5-9-16(14)22)25-26-21(27)29-12-18(28)24-20-15(11-23)13-7-4-6-10-17(13)30-20/h3,5,8-9H,2,4,6-7,10,12H2,1H3,(H,24,28). The molecule has 154 valence electrons. The van der Waals surface area contributed by atoms with Crippen LogP contribution < -0.4 is 5.32 Å². The predicted octanol–water partition coefficient (Wildman–Crippen LogP) is 4.65. The molecule has 2 aromatic heterocycles. The van der Waals surface area contributed by atoms with Crippen molar-refractivity contribution in [3.05, 3.63) is 46.1 Å². The number of hydrogen-bond donors (Lipinski definition) is 1. The maximum absolute atomic E-state index is 14.1. The Bertz CT molecular complexity index is 1130. The first kappa shape index (κ1) is 20.6. The van der Waals surface area contributed by atoms with Crippen LogP contribution in [0.1, 0.15) is 35.8 Å². The van der Waals surface area contributed by atoms with Crippen molar-refractivity contribution < 1.29 is 9.18 Å². The molecule has 0 saturated heterocycles. The Morgan fingerprint density at radius 1 is 1.33 bits per heavy atom. The van der Waals surface area contributed by atoms with Gasteiger partial charge in [-0.1, -0.05) is 23.9 Å². The minimum atomic E-state index is -0.361. The number of hydrogen-bond acceptors (Lipinski definition) is 6. The van der Waals surface area contributed by atoms with E-state index in [2.05, 4.69) is 21.6 Å². The van der Waals surface area contributed by atoms with E-state index in [0.29, 0.717) is 33.7 Å². The lowest BCUT2D eigenvalue weighted by molar-refractivity contribution is -0.113. The summed E-state index contributed by atoms with van der Waals surface area (Å²) in [5.74, 6) is 0.00651. The number of anilines is 1. The number of halogens is 1. The largest absolute Gasteiger partial charge is 0.316 e. The van der Waals surface area contributed by atoms with Crippen molar-refractivity contribution in [1.29, 1.82) is 5.26 Å². The lowest BCUT2D eigenvalue weighted by Gasteiger charge is -2.09. The van der Waals surface area contributed by atoms with Gasteiger partial charge in [-0.15, -0.1) is 21.5 Å². The van der Waals surface area contributed by atoms with Crippen LogP contribution >= 0.6 is 23.1 Å². The number of amides is 1. The summed E-state index contributed by atoms with van der Waals surface area (Å²) in [6.07, 6.45) is 4.08. The van der Waals surface area contributed by atoms with Crippen molar-refractivity contribution in [1.82, 2.24) is 14.8 Å². The highest BCUT2D eigenvalue weighted by Gasteiger charge is 2.22. The molecule has 9 heteroatoms. The van der Waals surface area contributed by atoms with Crippen molar-refractivity contribution in [2.24, 2.45) is 0 Å². The van der Waals surface area contributed by atoms with Crippen LogP contribution in [0.25, 0.3) is 11.4 Å². The number of fused-ring (bicyclic) bond motifs is 1. The Kier molecular flexibility index (Phi) is 6.16. The van der Waals surface area contributed by atoms with Gasteiger partial charge in [0.1, 0.15) is 16.9 Å². The molecule has 2 heterocycles. The van der Waals surface area contributed by atoms with Crippen molar-refractivity contribution in [3.8, 4) is 17.5 Å². The van der Waals surface area contributed by atoms with Crippen LogP contribution in [0.15, 0.2) is 29.4 Å². The molecule has 1 N–H and O–H groups in total. The smallest absolute Gasteiger partial charge is 0.235 e. The molecule has 0 fully saturated rings. The van der Waals surface area contributed by atoms with Gasteiger partial charge in [0, 0.05) is 11.4 Å². The number of benzene rings is 1. The molecule has 4 rings (SSSR count). The third-order valence-corrected chi connectivity index (χ3v) is 7.19. The van der Waals surface area contributed by atoms with E-state index in [4.69, 9.17) is 0 Å². The molecule has 1 amide bonds. The van der Waals surface area contributed by atoms with E-state index in [-0.39, 0.29) is 17.5 Å². The number of aryl methyl sites for hydroxylation is 1. The number of aromatic nitrogens is 3. The number of carbonyl (C=O) groups is 1. The fourth-order valence-electron chi connectivity index (χ4n) is 3.59. The molecule has 0 radical (unpaired) electrons. The average Bonchev–Trinajstić information content (AvgIpc) is 3.32. The van der Waals surface area contributed by atoms with Crippen molar-refractivity contribution in [2.45, 2.75) is 44.3 Å². The molecule has 0 spiro atoms. The molecule has 1 aliphatic carbocycles. The summed E-state index contributed by atoms with van der Waals surface area (Å²) >= 11 is 2.75. The van der Waals surface area contributed by atoms with E-state index in [0.717, 1.165) is 31.2 Å². The van der Waals surface area contributed by atoms with Gasteiger partial charge in [0.05, 0.1) is 16.9 Å². The first-order valence-electron chi connectivity index (χ1n) is 9.77. The molecule has 1 aliphatic rings. The Morgan fingerprint density at radius 3 is 2.90 bits per heavy atom. The molecule has 0 bridgehead atoms. The van der Waals surface area contributed by atoms with Gasteiger partial charge >= 0.3 is 0 Å². The van der Waals surface area contributed by atoms with Crippen molar-refractivity contribution in [3.63, 3.8) is 0 Å². The number of thiophene rings is 1. The van der Waals surface area contributed by atoms with Gasteiger partial charge in [-0.3, -0.25) is 4.79 Å². The van der Waals surface area contributed by atoms with Crippen LogP contribution in [0, 0.1) is 17.1 Å². The van der Waals surface area contributed by atoms with E-state index in [1.807, 2.05) is 6.92 Å². The lowest BCUT2D eigenvalue weighted by atomic mass is 9.96. The second-order valence-corrected chi connectivity index (χ2v) is 8.94. The Labute approximate surface area is 182 Å². The van der Waals surface area contributed by atoms with Gasteiger partial charge in [0.15, 0.2) is 11.0 Å². The molecule has 3 aromatic rings. The molecular weight excluding hydrogens is 421 g/mol. The zero-order valence-corrected chi connectivity index (χ0v) is 18.1. The van der Waals surface area contributed by atoms with Crippen LogP contribution in [0.4, 0.5) is 9.39 Å². The van der Waals surface area contributed by atoms with Crippen molar-refractivity contribution in [2.75, 3.05) is 11.1 Å².